The van der Waals surface area contributed by atoms with E-state index < -0.39 is 24.3 Å². The summed E-state index contributed by atoms with van der Waals surface area (Å²) >= 11 is 0. The topological polar surface area (TPSA) is 68.4 Å². The third kappa shape index (κ3) is 3.44. The lowest BCUT2D eigenvalue weighted by Crippen LogP contribution is -2.31. The summed E-state index contributed by atoms with van der Waals surface area (Å²) in [7, 11) is 1.48. The molecule has 0 bridgehead atoms. The standard InChI is InChI=1S/C11H17F3N2O3/c1-4-10(5-2,18-3)9-15-8(19-16-9)6-7(17)11(12,13)14/h7,17H,4-6H2,1-3H3. The maximum Gasteiger partial charge on any atom is 0.414 e. The molecule has 0 amide bonds. The van der Waals surface area contributed by atoms with Gasteiger partial charge in [-0.15, -0.1) is 0 Å². The van der Waals surface area contributed by atoms with Crippen LogP contribution in [0.25, 0.3) is 0 Å². The zero-order chi connectivity index (χ0) is 14.7. The molecule has 1 aromatic rings. The lowest BCUT2D eigenvalue weighted by Gasteiger charge is -2.25. The fraction of sp³-hybridized carbons (Fsp3) is 0.818. The van der Waals surface area contributed by atoms with E-state index in [-0.39, 0.29) is 11.7 Å². The molecule has 0 spiro atoms. The second-order valence-corrected chi connectivity index (χ2v) is 4.18. The quantitative estimate of drug-likeness (QED) is 0.866. The van der Waals surface area contributed by atoms with Crippen molar-refractivity contribution in [2.45, 2.75) is 51.0 Å². The number of ether oxygens (including phenoxy) is 1. The molecule has 0 aliphatic rings. The van der Waals surface area contributed by atoms with Crippen LogP contribution in [0.5, 0.6) is 0 Å². The van der Waals surface area contributed by atoms with E-state index in [1.54, 1.807) is 0 Å². The van der Waals surface area contributed by atoms with Crippen LogP contribution in [0.15, 0.2) is 4.52 Å². The summed E-state index contributed by atoms with van der Waals surface area (Å²) in [5.74, 6) is -0.0625. The highest BCUT2D eigenvalue weighted by molar-refractivity contribution is 5.01. The summed E-state index contributed by atoms with van der Waals surface area (Å²) in [6.45, 7) is 3.71. The van der Waals surface area contributed by atoms with E-state index in [0.717, 1.165) is 0 Å². The molecule has 5 nitrogen and oxygen atoms in total. The van der Waals surface area contributed by atoms with E-state index in [9.17, 15) is 13.2 Å². The SMILES string of the molecule is CCC(CC)(OC)c1noc(CC(O)C(F)(F)F)n1. The number of halogens is 3. The van der Waals surface area contributed by atoms with Gasteiger partial charge in [0.2, 0.25) is 11.7 Å². The number of aliphatic hydroxyl groups excluding tert-OH is 1. The fourth-order valence-electron chi connectivity index (χ4n) is 1.75. The number of nitrogens with zero attached hydrogens (tertiary/aromatic N) is 2. The first kappa shape index (κ1) is 15.9. The Hall–Kier alpha value is -1.15. The summed E-state index contributed by atoms with van der Waals surface area (Å²) in [4.78, 5) is 3.89. The van der Waals surface area contributed by atoms with Gasteiger partial charge in [-0.05, 0) is 12.8 Å². The number of alkyl halides is 3. The van der Waals surface area contributed by atoms with Gasteiger partial charge in [-0.3, -0.25) is 0 Å². The molecule has 110 valence electrons. The first-order valence-electron chi connectivity index (χ1n) is 5.92. The van der Waals surface area contributed by atoms with Crippen LogP contribution < -0.4 is 0 Å². The van der Waals surface area contributed by atoms with E-state index in [4.69, 9.17) is 14.4 Å². The van der Waals surface area contributed by atoms with Crippen molar-refractivity contribution in [3.05, 3.63) is 11.7 Å². The van der Waals surface area contributed by atoms with Gasteiger partial charge in [0.25, 0.3) is 0 Å². The highest BCUT2D eigenvalue weighted by atomic mass is 19.4. The molecule has 0 aromatic carbocycles. The Morgan fingerprint density at radius 1 is 1.32 bits per heavy atom. The Morgan fingerprint density at radius 2 is 1.89 bits per heavy atom. The van der Waals surface area contributed by atoms with E-state index >= 15 is 0 Å². The van der Waals surface area contributed by atoms with Crippen molar-refractivity contribution >= 4 is 0 Å². The number of hydrogen-bond acceptors (Lipinski definition) is 5. The van der Waals surface area contributed by atoms with Gasteiger partial charge in [0.05, 0.1) is 6.42 Å². The maximum atomic E-state index is 12.2. The average molecular weight is 282 g/mol. The van der Waals surface area contributed by atoms with Crippen molar-refractivity contribution < 1.29 is 27.5 Å². The second kappa shape index (κ2) is 5.87. The minimum absolute atomic E-state index is 0.198. The van der Waals surface area contributed by atoms with Gasteiger partial charge in [-0.1, -0.05) is 19.0 Å². The van der Waals surface area contributed by atoms with Crippen LogP contribution >= 0.6 is 0 Å². The molecule has 0 radical (unpaired) electrons. The molecule has 1 rings (SSSR count). The molecule has 0 saturated heterocycles. The molecule has 19 heavy (non-hydrogen) atoms. The van der Waals surface area contributed by atoms with Crippen molar-refractivity contribution in [2.24, 2.45) is 0 Å². The average Bonchev–Trinajstić information content (AvgIpc) is 2.80. The number of methoxy groups -OCH3 is 1. The molecule has 8 heteroatoms. The highest BCUT2D eigenvalue weighted by Crippen LogP contribution is 2.30. The smallest absolute Gasteiger partial charge is 0.383 e. The maximum absolute atomic E-state index is 12.2. The molecule has 0 aliphatic heterocycles. The summed E-state index contributed by atoms with van der Waals surface area (Å²) in [5, 5.41) is 12.6. The van der Waals surface area contributed by atoms with Crippen LogP contribution in [0, 0.1) is 0 Å². The van der Waals surface area contributed by atoms with Gasteiger partial charge in [0.1, 0.15) is 5.60 Å². The first-order valence-corrected chi connectivity index (χ1v) is 5.92. The predicted octanol–water partition coefficient (Wildman–Crippen LogP) is 2.20. The van der Waals surface area contributed by atoms with Gasteiger partial charge in [-0.25, -0.2) is 0 Å². The fourth-order valence-corrected chi connectivity index (χ4v) is 1.75. The van der Waals surface area contributed by atoms with Gasteiger partial charge >= 0.3 is 6.18 Å². The molecule has 1 heterocycles. The van der Waals surface area contributed by atoms with Crippen LogP contribution in [0.4, 0.5) is 13.2 Å². The number of hydrogen-bond donors (Lipinski definition) is 1. The lowest BCUT2D eigenvalue weighted by molar-refractivity contribution is -0.204. The zero-order valence-corrected chi connectivity index (χ0v) is 11.0. The molecule has 0 fully saturated rings. The van der Waals surface area contributed by atoms with E-state index in [2.05, 4.69) is 10.1 Å². The highest BCUT2D eigenvalue weighted by Gasteiger charge is 2.40. The summed E-state index contributed by atoms with van der Waals surface area (Å²) in [6, 6.07) is 0. The molecule has 0 aliphatic carbocycles. The van der Waals surface area contributed by atoms with Crippen LogP contribution in [0.3, 0.4) is 0 Å². The van der Waals surface area contributed by atoms with Crippen molar-refractivity contribution in [1.82, 2.24) is 10.1 Å². The first-order chi connectivity index (χ1) is 8.79. The van der Waals surface area contributed by atoms with Gasteiger partial charge < -0.3 is 14.4 Å². The lowest BCUT2D eigenvalue weighted by atomic mass is 9.96. The number of aliphatic hydroxyl groups is 1. The Labute approximate surface area is 108 Å². The minimum Gasteiger partial charge on any atom is -0.383 e. The second-order valence-electron chi connectivity index (χ2n) is 4.18. The largest absolute Gasteiger partial charge is 0.414 e. The van der Waals surface area contributed by atoms with Gasteiger partial charge in [-0.2, -0.15) is 18.2 Å². The number of aromatic nitrogens is 2. The third-order valence-corrected chi connectivity index (χ3v) is 3.15. The van der Waals surface area contributed by atoms with E-state index in [0.29, 0.717) is 12.8 Å². The van der Waals surface area contributed by atoms with Crippen molar-refractivity contribution in [3.8, 4) is 0 Å². The normalized spacial score (nSPS) is 14.7. The van der Waals surface area contributed by atoms with Crippen molar-refractivity contribution in [2.75, 3.05) is 7.11 Å². The molecule has 1 aromatic heterocycles. The summed E-state index contributed by atoms with van der Waals surface area (Å²) < 4.78 is 46.7. The minimum atomic E-state index is -4.71. The summed E-state index contributed by atoms with van der Waals surface area (Å²) in [5.41, 5.74) is -0.773. The van der Waals surface area contributed by atoms with Crippen molar-refractivity contribution in [3.63, 3.8) is 0 Å². The zero-order valence-electron chi connectivity index (χ0n) is 11.0. The monoisotopic (exact) mass is 282 g/mol. The number of rotatable bonds is 6. The van der Waals surface area contributed by atoms with Crippen LogP contribution in [0.2, 0.25) is 0 Å². The Bertz CT molecular complexity index is 394. The molecule has 1 unspecified atom stereocenters. The molecular weight excluding hydrogens is 265 g/mol. The Morgan fingerprint density at radius 3 is 2.32 bits per heavy atom. The van der Waals surface area contributed by atoms with E-state index in [1.807, 2.05) is 13.8 Å². The molecule has 0 saturated carbocycles. The van der Waals surface area contributed by atoms with E-state index in [1.165, 1.54) is 7.11 Å². The molecular formula is C11H17F3N2O3. The van der Waals surface area contributed by atoms with Gasteiger partial charge in [0.15, 0.2) is 6.10 Å². The third-order valence-electron chi connectivity index (χ3n) is 3.15. The van der Waals surface area contributed by atoms with Crippen LogP contribution in [-0.2, 0) is 16.8 Å². The summed E-state index contributed by atoms with van der Waals surface area (Å²) in [6.07, 6.45) is -6.87. The predicted molar refractivity (Wildman–Crippen MR) is 59.3 cm³/mol. The van der Waals surface area contributed by atoms with Crippen molar-refractivity contribution in [1.29, 1.82) is 0 Å². The Balaban J connectivity index is 2.88. The van der Waals surface area contributed by atoms with Gasteiger partial charge in [0, 0.05) is 7.11 Å². The molecule has 1 N–H and O–H groups in total. The molecule has 1 atom stereocenters. The Kier molecular flexibility index (Phi) is 4.92. The van der Waals surface area contributed by atoms with Crippen LogP contribution in [0.1, 0.15) is 38.4 Å². The van der Waals surface area contributed by atoms with Crippen LogP contribution in [-0.4, -0.2) is 34.6 Å².